The highest BCUT2D eigenvalue weighted by atomic mass is 16.5. The average Bonchev–Trinajstić information content (AvgIpc) is 2.53. The van der Waals surface area contributed by atoms with Gasteiger partial charge in [0, 0.05) is 18.3 Å². The molecule has 0 saturated heterocycles. The van der Waals surface area contributed by atoms with Crippen LogP contribution in [0.1, 0.15) is 5.56 Å². The molecule has 0 atom stereocenters. The minimum atomic E-state index is -0.833. The van der Waals surface area contributed by atoms with E-state index in [1.165, 1.54) is 0 Å². The second-order valence-electron chi connectivity index (χ2n) is 4.27. The Balaban J connectivity index is 1.85. The molecule has 0 aliphatic carbocycles. The minimum Gasteiger partial charge on any atom is -0.457 e. The van der Waals surface area contributed by atoms with Crippen LogP contribution in [0, 0.1) is 0 Å². The highest BCUT2D eigenvalue weighted by Crippen LogP contribution is 2.08. The summed E-state index contributed by atoms with van der Waals surface area (Å²) in [5, 5.41) is 0. The Morgan fingerprint density at radius 3 is 2.43 bits per heavy atom. The molecule has 1 aromatic carbocycles. The maximum atomic E-state index is 11.5. The van der Waals surface area contributed by atoms with Crippen molar-refractivity contribution in [3.05, 3.63) is 75.1 Å². The monoisotopic (exact) mass is 316 g/mol. The molecule has 23 heavy (non-hydrogen) atoms. The van der Waals surface area contributed by atoms with Crippen LogP contribution < -0.4 is 16.0 Å². The number of hydrogen-bond donors (Lipinski definition) is 2. The first-order chi connectivity index (χ1) is 11.0. The van der Waals surface area contributed by atoms with Crippen LogP contribution in [-0.4, -0.2) is 21.9 Å². The zero-order chi connectivity index (χ0) is 16.7. The Kier molecular flexibility index (Phi) is 5.24. The number of aromatic nitrogens is 2. The predicted octanol–water partition coefficient (Wildman–Crippen LogP) is 0.268. The van der Waals surface area contributed by atoms with Crippen molar-refractivity contribution >= 4 is 11.9 Å². The second-order valence-corrected chi connectivity index (χ2v) is 4.27. The molecule has 2 rings (SSSR count). The van der Waals surface area contributed by atoms with Crippen molar-refractivity contribution in [2.45, 2.75) is 6.61 Å². The minimum absolute atomic E-state index is 0.0678. The van der Waals surface area contributed by atoms with Gasteiger partial charge in [0.05, 0.1) is 5.56 Å². The molecular weight excluding hydrogens is 304 g/mol. The summed E-state index contributed by atoms with van der Waals surface area (Å²) in [5.74, 6) is -1.23. The quantitative estimate of drug-likeness (QED) is 0.464. The fourth-order valence-corrected chi connectivity index (χ4v) is 1.52. The number of ether oxygens (including phenoxy) is 2. The Hall–Kier alpha value is -3.42. The van der Waals surface area contributed by atoms with Crippen LogP contribution in [0.4, 0.5) is 0 Å². The lowest BCUT2D eigenvalue weighted by Crippen LogP contribution is -2.25. The summed E-state index contributed by atoms with van der Waals surface area (Å²) in [4.78, 5) is 49.3. The average molecular weight is 316 g/mol. The van der Waals surface area contributed by atoms with Gasteiger partial charge in [-0.05, 0) is 12.1 Å². The molecule has 8 nitrogen and oxygen atoms in total. The fraction of sp³-hybridized carbons (Fsp3) is 0.0667. The molecule has 0 spiro atoms. The number of carbonyl (C=O) groups is 2. The molecule has 0 unspecified atom stereocenters. The lowest BCUT2D eigenvalue weighted by molar-refractivity contribution is -0.139. The summed E-state index contributed by atoms with van der Waals surface area (Å²) in [7, 11) is 0. The van der Waals surface area contributed by atoms with E-state index < -0.39 is 23.2 Å². The first-order valence-electron chi connectivity index (χ1n) is 6.47. The molecule has 8 heteroatoms. The van der Waals surface area contributed by atoms with E-state index in [-0.39, 0.29) is 12.2 Å². The van der Waals surface area contributed by atoms with E-state index in [9.17, 15) is 19.2 Å². The SMILES string of the molecule is O=C(/C=C/C(=O)Oc1ccccc1)OCc1c[nH]c(=O)[nH]c1=O. The molecule has 0 radical (unpaired) electrons. The van der Waals surface area contributed by atoms with E-state index in [4.69, 9.17) is 9.47 Å². The fourth-order valence-electron chi connectivity index (χ4n) is 1.52. The van der Waals surface area contributed by atoms with Gasteiger partial charge in [-0.25, -0.2) is 14.4 Å². The number of aromatic amines is 2. The Morgan fingerprint density at radius 2 is 1.74 bits per heavy atom. The van der Waals surface area contributed by atoms with Gasteiger partial charge in [0.15, 0.2) is 0 Å². The van der Waals surface area contributed by atoms with Gasteiger partial charge in [-0.2, -0.15) is 0 Å². The summed E-state index contributed by atoms with van der Waals surface area (Å²) < 4.78 is 9.71. The van der Waals surface area contributed by atoms with Crippen LogP contribution in [0.3, 0.4) is 0 Å². The maximum Gasteiger partial charge on any atom is 0.336 e. The normalized spacial score (nSPS) is 10.4. The summed E-state index contributed by atoms with van der Waals surface area (Å²) >= 11 is 0. The topological polar surface area (TPSA) is 118 Å². The van der Waals surface area contributed by atoms with Crippen LogP contribution in [0.15, 0.2) is 58.3 Å². The van der Waals surface area contributed by atoms with E-state index in [2.05, 4.69) is 4.98 Å². The Labute approximate surface area is 129 Å². The van der Waals surface area contributed by atoms with Crippen LogP contribution in [0.2, 0.25) is 0 Å². The molecule has 0 aliphatic rings. The summed E-state index contributed by atoms with van der Waals surface area (Å²) in [6, 6.07) is 8.34. The lowest BCUT2D eigenvalue weighted by Gasteiger charge is -2.01. The van der Waals surface area contributed by atoms with Crippen LogP contribution in [-0.2, 0) is 20.9 Å². The van der Waals surface area contributed by atoms with Gasteiger partial charge in [0.25, 0.3) is 5.56 Å². The summed E-state index contributed by atoms with van der Waals surface area (Å²) in [6.45, 7) is -0.344. The van der Waals surface area contributed by atoms with E-state index >= 15 is 0 Å². The largest absolute Gasteiger partial charge is 0.457 e. The number of esters is 2. The molecule has 2 N–H and O–H groups in total. The molecule has 0 amide bonds. The van der Waals surface area contributed by atoms with Crippen molar-refractivity contribution < 1.29 is 19.1 Å². The van der Waals surface area contributed by atoms with Gasteiger partial charge in [-0.15, -0.1) is 0 Å². The van der Waals surface area contributed by atoms with E-state index in [1.807, 2.05) is 4.98 Å². The first-order valence-corrected chi connectivity index (χ1v) is 6.47. The molecule has 1 aromatic heterocycles. The predicted molar refractivity (Wildman–Crippen MR) is 78.7 cm³/mol. The Morgan fingerprint density at radius 1 is 1.04 bits per heavy atom. The molecule has 0 aliphatic heterocycles. The molecule has 0 fully saturated rings. The highest BCUT2D eigenvalue weighted by molar-refractivity contribution is 5.92. The standard InChI is InChI=1S/C15H12N2O6/c18-12(22-9-10-8-16-15(21)17-14(10)20)6-7-13(19)23-11-4-2-1-3-5-11/h1-8H,9H2,(H2,16,17,20,21)/b7-6+. The highest BCUT2D eigenvalue weighted by Gasteiger charge is 2.05. The van der Waals surface area contributed by atoms with Gasteiger partial charge >= 0.3 is 17.6 Å². The number of hydrogen-bond acceptors (Lipinski definition) is 6. The number of nitrogens with one attached hydrogen (secondary N) is 2. The van der Waals surface area contributed by atoms with Crippen LogP contribution in [0.25, 0.3) is 0 Å². The zero-order valence-corrected chi connectivity index (χ0v) is 11.8. The van der Waals surface area contributed by atoms with Gasteiger partial charge in [0.2, 0.25) is 0 Å². The van der Waals surface area contributed by atoms with Crippen LogP contribution in [0.5, 0.6) is 5.75 Å². The molecule has 0 saturated carbocycles. The second kappa shape index (κ2) is 7.55. The third-order valence-corrected chi connectivity index (χ3v) is 2.58. The van der Waals surface area contributed by atoms with E-state index in [1.54, 1.807) is 30.3 Å². The molecular formula is C15H12N2O6. The van der Waals surface area contributed by atoms with Crippen molar-refractivity contribution in [3.63, 3.8) is 0 Å². The number of rotatable bonds is 5. The van der Waals surface area contributed by atoms with E-state index in [0.29, 0.717) is 5.75 Å². The Bertz CT molecular complexity index is 835. The van der Waals surface area contributed by atoms with Gasteiger partial charge in [-0.1, -0.05) is 18.2 Å². The third-order valence-electron chi connectivity index (χ3n) is 2.58. The molecule has 0 bridgehead atoms. The smallest absolute Gasteiger partial charge is 0.336 e. The van der Waals surface area contributed by atoms with Gasteiger partial charge in [-0.3, -0.25) is 9.78 Å². The van der Waals surface area contributed by atoms with Crippen molar-refractivity contribution in [2.75, 3.05) is 0 Å². The van der Waals surface area contributed by atoms with Crippen molar-refractivity contribution in [3.8, 4) is 5.75 Å². The van der Waals surface area contributed by atoms with Crippen molar-refractivity contribution in [1.82, 2.24) is 9.97 Å². The molecule has 118 valence electrons. The third kappa shape index (κ3) is 5.12. The number of benzene rings is 1. The maximum absolute atomic E-state index is 11.5. The molecule has 2 aromatic rings. The summed E-state index contributed by atoms with van der Waals surface area (Å²) in [6.07, 6.45) is 2.93. The van der Waals surface area contributed by atoms with Gasteiger partial charge in [0.1, 0.15) is 12.4 Å². The van der Waals surface area contributed by atoms with E-state index in [0.717, 1.165) is 18.3 Å². The number of carbonyl (C=O) groups excluding carboxylic acids is 2. The first kappa shape index (κ1) is 16.0. The van der Waals surface area contributed by atoms with Crippen molar-refractivity contribution in [1.29, 1.82) is 0 Å². The number of para-hydroxylation sites is 1. The van der Waals surface area contributed by atoms with Crippen molar-refractivity contribution in [2.24, 2.45) is 0 Å². The lowest BCUT2D eigenvalue weighted by atomic mass is 10.3. The van der Waals surface area contributed by atoms with Crippen LogP contribution >= 0.6 is 0 Å². The van der Waals surface area contributed by atoms with Gasteiger partial charge < -0.3 is 14.5 Å². The summed E-state index contributed by atoms with van der Waals surface area (Å²) in [5.41, 5.74) is -1.25. The molecule has 1 heterocycles. The number of H-pyrrole nitrogens is 2. The zero-order valence-electron chi connectivity index (χ0n) is 11.8.